The molecule has 27 heavy (non-hydrogen) atoms. The van der Waals surface area contributed by atoms with Crippen molar-refractivity contribution in [2.75, 3.05) is 31.1 Å². The minimum atomic E-state index is -0.970. The maximum absolute atomic E-state index is 12.9. The van der Waals surface area contributed by atoms with E-state index in [1.54, 1.807) is 18.2 Å². The molecule has 9 heteroatoms. The monoisotopic (exact) mass is 372 g/mol. The molecule has 0 spiro atoms. The molecule has 3 aliphatic heterocycles. The van der Waals surface area contributed by atoms with E-state index in [0.29, 0.717) is 26.2 Å². The van der Waals surface area contributed by atoms with Gasteiger partial charge in [-0.15, -0.1) is 0 Å². The number of piperidine rings is 1. The predicted molar refractivity (Wildman–Crippen MR) is 94.2 cm³/mol. The van der Waals surface area contributed by atoms with Crippen molar-refractivity contribution < 1.29 is 24.3 Å². The van der Waals surface area contributed by atoms with Gasteiger partial charge in [0.2, 0.25) is 11.8 Å². The van der Waals surface area contributed by atoms with Gasteiger partial charge in [-0.25, -0.2) is 0 Å². The Hall–Kier alpha value is -2.78. The molecule has 2 atom stereocenters. The quantitative estimate of drug-likeness (QED) is 0.562. The molecule has 0 saturated carbocycles. The van der Waals surface area contributed by atoms with Crippen LogP contribution in [0.3, 0.4) is 0 Å². The molecule has 0 aliphatic carbocycles. The molecule has 1 aromatic carbocycles. The minimum Gasteiger partial charge on any atom is -0.390 e. The molecule has 0 radical (unpaired) electrons. The van der Waals surface area contributed by atoms with Gasteiger partial charge in [-0.3, -0.25) is 29.4 Å². The molecule has 3 aliphatic rings. The van der Waals surface area contributed by atoms with Crippen molar-refractivity contribution in [2.45, 2.75) is 25.0 Å². The molecule has 2 unspecified atom stereocenters. The largest absolute Gasteiger partial charge is 0.390 e. The van der Waals surface area contributed by atoms with Crippen LogP contribution in [0.4, 0.5) is 5.69 Å². The molecule has 0 bridgehead atoms. The Morgan fingerprint density at radius 3 is 2.63 bits per heavy atom. The summed E-state index contributed by atoms with van der Waals surface area (Å²) in [5.74, 6) is -2.07. The number of aliphatic hydroxyl groups is 1. The molecular weight excluding hydrogens is 352 g/mol. The lowest BCUT2D eigenvalue weighted by Crippen LogP contribution is -2.54. The Kier molecular flexibility index (Phi) is 4.40. The van der Waals surface area contributed by atoms with Gasteiger partial charge in [-0.2, -0.15) is 0 Å². The normalized spacial score (nSPS) is 26.1. The maximum Gasteiger partial charge on any atom is 0.262 e. The van der Waals surface area contributed by atoms with E-state index in [0.717, 1.165) is 10.6 Å². The van der Waals surface area contributed by atoms with Crippen molar-refractivity contribution in [2.24, 2.45) is 0 Å². The number of β-amino-alcohol motifs (C(OH)–C–C–N with tert-alkyl or cyclic N) is 1. The van der Waals surface area contributed by atoms with Crippen molar-refractivity contribution in [3.63, 3.8) is 0 Å². The fourth-order valence-corrected chi connectivity index (χ4v) is 3.78. The first-order valence-corrected chi connectivity index (χ1v) is 8.95. The van der Waals surface area contributed by atoms with Gasteiger partial charge in [-0.05, 0) is 24.6 Å². The molecule has 2 saturated heterocycles. The number of hydrogen-bond donors (Lipinski definition) is 3. The van der Waals surface area contributed by atoms with Crippen molar-refractivity contribution >= 4 is 29.3 Å². The summed E-state index contributed by atoms with van der Waals surface area (Å²) in [7, 11) is 0. The van der Waals surface area contributed by atoms with E-state index in [4.69, 9.17) is 0 Å². The number of fused-ring (bicyclic) bond motifs is 1. The van der Waals surface area contributed by atoms with Gasteiger partial charge in [0.05, 0.1) is 17.2 Å². The highest BCUT2D eigenvalue weighted by Gasteiger charge is 2.44. The zero-order chi connectivity index (χ0) is 19.1. The summed E-state index contributed by atoms with van der Waals surface area (Å²) in [5, 5.41) is 15.3. The summed E-state index contributed by atoms with van der Waals surface area (Å²) in [6.07, 6.45) is -0.307. The summed E-state index contributed by atoms with van der Waals surface area (Å²) in [4.78, 5) is 51.9. The number of imide groups is 2. The van der Waals surface area contributed by atoms with E-state index in [1.165, 1.54) is 0 Å². The number of nitrogens with one attached hydrogen (secondary N) is 2. The molecule has 142 valence electrons. The number of rotatable bonds is 2. The first kappa shape index (κ1) is 17.6. The fourth-order valence-electron chi connectivity index (χ4n) is 3.78. The number of nitrogens with zero attached hydrogens (tertiary/aromatic N) is 2. The SMILES string of the molecule is O=C1CCC(N2C(=O)c3ccc(N4CCNCC(O)C4)cc3C2=O)C(=O)N1. The van der Waals surface area contributed by atoms with E-state index < -0.39 is 35.8 Å². The van der Waals surface area contributed by atoms with Gasteiger partial charge in [0.1, 0.15) is 6.04 Å². The molecule has 1 aromatic rings. The minimum absolute atomic E-state index is 0.0910. The third kappa shape index (κ3) is 3.08. The zero-order valence-corrected chi connectivity index (χ0v) is 14.6. The van der Waals surface area contributed by atoms with Crippen molar-refractivity contribution in [1.29, 1.82) is 0 Å². The van der Waals surface area contributed by atoms with Gasteiger partial charge < -0.3 is 15.3 Å². The average Bonchev–Trinajstić information content (AvgIpc) is 2.78. The lowest BCUT2D eigenvalue weighted by Gasteiger charge is -2.27. The molecule has 0 aromatic heterocycles. The number of carbonyl (C=O) groups excluding carboxylic acids is 4. The van der Waals surface area contributed by atoms with Gasteiger partial charge in [0.25, 0.3) is 11.8 Å². The Morgan fingerprint density at radius 1 is 1.07 bits per heavy atom. The fraction of sp³-hybridized carbons (Fsp3) is 0.444. The first-order valence-electron chi connectivity index (χ1n) is 8.95. The Bertz CT molecular complexity index is 839. The first-order chi connectivity index (χ1) is 13.0. The van der Waals surface area contributed by atoms with Crippen LogP contribution < -0.4 is 15.5 Å². The standard InChI is InChI=1S/C18H20N4O5/c23-11-8-19-5-6-21(9-11)10-1-2-12-13(7-10)18(27)22(17(12)26)14-3-4-15(24)20-16(14)25/h1-2,7,11,14,19,23H,3-6,8-9H2,(H,20,24,25). The highest BCUT2D eigenvalue weighted by atomic mass is 16.3. The molecule has 3 N–H and O–H groups in total. The van der Waals surface area contributed by atoms with E-state index >= 15 is 0 Å². The van der Waals surface area contributed by atoms with Crippen LogP contribution in [0.2, 0.25) is 0 Å². The zero-order valence-electron chi connectivity index (χ0n) is 14.6. The third-order valence-electron chi connectivity index (χ3n) is 5.16. The highest BCUT2D eigenvalue weighted by Crippen LogP contribution is 2.30. The summed E-state index contributed by atoms with van der Waals surface area (Å²) in [5.41, 5.74) is 1.23. The third-order valence-corrected chi connectivity index (χ3v) is 5.16. The molecule has 2 fully saturated rings. The van der Waals surface area contributed by atoms with Crippen molar-refractivity contribution in [3.05, 3.63) is 29.3 Å². The van der Waals surface area contributed by atoms with Crippen molar-refractivity contribution in [1.82, 2.24) is 15.5 Å². The molecular formula is C18H20N4O5. The van der Waals surface area contributed by atoms with E-state index in [-0.39, 0.29) is 24.0 Å². The van der Waals surface area contributed by atoms with Crippen LogP contribution in [0.5, 0.6) is 0 Å². The molecule has 4 rings (SSSR count). The smallest absolute Gasteiger partial charge is 0.262 e. The molecule has 4 amide bonds. The Balaban J connectivity index is 1.62. The summed E-state index contributed by atoms with van der Waals surface area (Å²) >= 11 is 0. The number of hydrogen-bond acceptors (Lipinski definition) is 7. The lowest BCUT2D eigenvalue weighted by molar-refractivity contribution is -0.136. The van der Waals surface area contributed by atoms with Crippen LogP contribution in [0.15, 0.2) is 18.2 Å². The van der Waals surface area contributed by atoms with Gasteiger partial charge in [0.15, 0.2) is 0 Å². The van der Waals surface area contributed by atoms with Crippen molar-refractivity contribution in [3.8, 4) is 0 Å². The maximum atomic E-state index is 12.9. The van der Waals surface area contributed by atoms with Crippen LogP contribution in [0.25, 0.3) is 0 Å². The van der Waals surface area contributed by atoms with Crippen LogP contribution in [0, 0.1) is 0 Å². The number of aliphatic hydroxyl groups excluding tert-OH is 1. The van der Waals surface area contributed by atoms with Crippen LogP contribution in [-0.2, 0) is 9.59 Å². The van der Waals surface area contributed by atoms with E-state index in [2.05, 4.69) is 10.6 Å². The lowest BCUT2D eigenvalue weighted by atomic mass is 10.0. The van der Waals surface area contributed by atoms with Crippen LogP contribution in [-0.4, -0.2) is 72.0 Å². The molecule has 9 nitrogen and oxygen atoms in total. The predicted octanol–water partition coefficient (Wildman–Crippen LogP) is -1.14. The Morgan fingerprint density at radius 2 is 1.85 bits per heavy atom. The highest BCUT2D eigenvalue weighted by molar-refractivity contribution is 6.23. The van der Waals surface area contributed by atoms with Gasteiger partial charge in [0, 0.05) is 38.3 Å². The number of amides is 4. The summed E-state index contributed by atoms with van der Waals surface area (Å²) in [6, 6.07) is 4.00. The summed E-state index contributed by atoms with van der Waals surface area (Å²) < 4.78 is 0. The second kappa shape index (κ2) is 6.75. The number of anilines is 1. The van der Waals surface area contributed by atoms with Crippen LogP contribution >= 0.6 is 0 Å². The summed E-state index contributed by atoms with van der Waals surface area (Å²) in [6.45, 7) is 2.28. The molecule has 3 heterocycles. The van der Waals surface area contributed by atoms with E-state index in [9.17, 15) is 24.3 Å². The van der Waals surface area contributed by atoms with E-state index in [1.807, 2.05) is 4.90 Å². The van der Waals surface area contributed by atoms with Gasteiger partial charge in [-0.1, -0.05) is 0 Å². The van der Waals surface area contributed by atoms with Crippen LogP contribution in [0.1, 0.15) is 33.6 Å². The second-order valence-electron chi connectivity index (χ2n) is 6.98. The second-order valence-corrected chi connectivity index (χ2v) is 6.98. The number of benzene rings is 1. The number of carbonyl (C=O) groups is 4. The average molecular weight is 372 g/mol. The topological polar surface area (TPSA) is 119 Å². The Labute approximate surface area is 155 Å². The van der Waals surface area contributed by atoms with Gasteiger partial charge >= 0.3 is 0 Å².